The van der Waals surface area contributed by atoms with Gasteiger partial charge in [0.25, 0.3) is 0 Å². The molecule has 0 spiro atoms. The fourth-order valence-corrected chi connectivity index (χ4v) is 2.25. The molecule has 1 aromatic heterocycles. The molecule has 0 atom stereocenters. The molecule has 1 N–H and O–H groups in total. The molecule has 1 saturated heterocycles. The van der Waals surface area contributed by atoms with Crippen molar-refractivity contribution < 1.29 is 4.74 Å². The van der Waals surface area contributed by atoms with E-state index in [0.717, 1.165) is 32.6 Å². The van der Waals surface area contributed by atoms with Gasteiger partial charge in [-0.05, 0) is 34.7 Å². The first-order valence-electron chi connectivity index (χ1n) is 5.25. The molecule has 2 rings (SSSR count). The highest BCUT2D eigenvalue weighted by Crippen LogP contribution is 2.20. The van der Waals surface area contributed by atoms with Gasteiger partial charge in [0.15, 0.2) is 11.0 Å². The summed E-state index contributed by atoms with van der Waals surface area (Å²) in [5.41, 5.74) is 0. The normalized spacial score (nSPS) is 17.4. The van der Waals surface area contributed by atoms with Crippen LogP contribution in [0.25, 0.3) is 0 Å². The molecular weight excluding hydrogens is 293 g/mol. The van der Waals surface area contributed by atoms with E-state index < -0.39 is 0 Å². The standard InChI is InChI=1S/C10H13BrClN3O/c11-8-6-14-10(9(12)15-8)13-5-7-1-3-16-4-2-7/h6-7H,1-5H2,(H,13,14). The van der Waals surface area contributed by atoms with Crippen molar-refractivity contribution in [3.8, 4) is 0 Å². The van der Waals surface area contributed by atoms with Crippen LogP contribution in [0.3, 0.4) is 0 Å². The van der Waals surface area contributed by atoms with Crippen LogP contribution in [0.15, 0.2) is 10.8 Å². The molecule has 1 aliphatic rings. The Morgan fingerprint density at radius 1 is 1.50 bits per heavy atom. The average Bonchev–Trinajstić information content (AvgIpc) is 2.29. The highest BCUT2D eigenvalue weighted by Gasteiger charge is 2.14. The van der Waals surface area contributed by atoms with Crippen molar-refractivity contribution in [3.05, 3.63) is 16.0 Å². The summed E-state index contributed by atoms with van der Waals surface area (Å²) in [5, 5.41) is 3.63. The first-order valence-corrected chi connectivity index (χ1v) is 6.42. The minimum atomic E-state index is 0.404. The maximum atomic E-state index is 5.96. The Balaban J connectivity index is 1.88. The first kappa shape index (κ1) is 12.1. The molecule has 0 aromatic carbocycles. The lowest BCUT2D eigenvalue weighted by Crippen LogP contribution is -2.23. The highest BCUT2D eigenvalue weighted by atomic mass is 79.9. The van der Waals surface area contributed by atoms with Crippen molar-refractivity contribution in [2.45, 2.75) is 12.8 Å². The van der Waals surface area contributed by atoms with Crippen LogP contribution >= 0.6 is 27.5 Å². The summed E-state index contributed by atoms with van der Waals surface area (Å²) in [6.07, 6.45) is 3.82. The van der Waals surface area contributed by atoms with Gasteiger partial charge < -0.3 is 10.1 Å². The number of halogens is 2. The van der Waals surface area contributed by atoms with E-state index in [2.05, 4.69) is 31.2 Å². The molecule has 1 aliphatic heterocycles. The second-order valence-corrected chi connectivity index (χ2v) is 4.94. The number of hydrogen-bond donors (Lipinski definition) is 1. The predicted molar refractivity (Wildman–Crippen MR) is 66.8 cm³/mol. The number of aromatic nitrogens is 2. The van der Waals surface area contributed by atoms with Crippen molar-refractivity contribution in [2.75, 3.05) is 25.1 Å². The number of rotatable bonds is 3. The van der Waals surface area contributed by atoms with Crippen LogP contribution in [-0.4, -0.2) is 29.7 Å². The van der Waals surface area contributed by atoms with Gasteiger partial charge in [0.05, 0.1) is 6.20 Å². The van der Waals surface area contributed by atoms with Crippen LogP contribution in [0.5, 0.6) is 0 Å². The molecule has 2 heterocycles. The lowest BCUT2D eigenvalue weighted by atomic mass is 10.0. The molecule has 4 nitrogen and oxygen atoms in total. The van der Waals surface area contributed by atoms with E-state index in [9.17, 15) is 0 Å². The van der Waals surface area contributed by atoms with Gasteiger partial charge in [0, 0.05) is 19.8 Å². The van der Waals surface area contributed by atoms with E-state index in [-0.39, 0.29) is 0 Å². The van der Waals surface area contributed by atoms with Crippen LogP contribution in [0.1, 0.15) is 12.8 Å². The summed E-state index contributed by atoms with van der Waals surface area (Å²) < 4.78 is 5.95. The Kier molecular flexibility index (Phi) is 4.37. The lowest BCUT2D eigenvalue weighted by Gasteiger charge is -2.22. The Morgan fingerprint density at radius 2 is 2.25 bits per heavy atom. The molecule has 0 aliphatic carbocycles. The summed E-state index contributed by atoms with van der Waals surface area (Å²) in [4.78, 5) is 8.25. The minimum absolute atomic E-state index is 0.404. The third kappa shape index (κ3) is 3.30. The second kappa shape index (κ2) is 5.80. The van der Waals surface area contributed by atoms with Gasteiger partial charge in [-0.25, -0.2) is 9.97 Å². The number of hydrogen-bond acceptors (Lipinski definition) is 4. The average molecular weight is 307 g/mol. The minimum Gasteiger partial charge on any atom is -0.381 e. The second-order valence-electron chi connectivity index (χ2n) is 3.77. The largest absolute Gasteiger partial charge is 0.381 e. The number of ether oxygens (including phenoxy) is 1. The molecule has 6 heteroatoms. The van der Waals surface area contributed by atoms with Gasteiger partial charge in [-0.15, -0.1) is 0 Å². The SMILES string of the molecule is Clc1nc(Br)cnc1NCC1CCOCC1. The monoisotopic (exact) mass is 305 g/mol. The molecule has 0 saturated carbocycles. The Morgan fingerprint density at radius 3 is 2.94 bits per heavy atom. The van der Waals surface area contributed by atoms with E-state index in [1.807, 2.05) is 0 Å². The fourth-order valence-electron chi connectivity index (χ4n) is 1.66. The van der Waals surface area contributed by atoms with Crippen molar-refractivity contribution in [2.24, 2.45) is 5.92 Å². The maximum absolute atomic E-state index is 5.96. The fraction of sp³-hybridized carbons (Fsp3) is 0.600. The molecule has 0 radical (unpaired) electrons. The van der Waals surface area contributed by atoms with Crippen LogP contribution in [-0.2, 0) is 4.74 Å². The van der Waals surface area contributed by atoms with Crippen molar-refractivity contribution in [1.29, 1.82) is 0 Å². The Bertz CT molecular complexity index is 358. The number of anilines is 1. The zero-order chi connectivity index (χ0) is 11.4. The molecule has 1 fully saturated rings. The topological polar surface area (TPSA) is 47.0 Å². The molecule has 16 heavy (non-hydrogen) atoms. The van der Waals surface area contributed by atoms with Crippen LogP contribution in [0, 0.1) is 5.92 Å². The quantitative estimate of drug-likeness (QED) is 0.933. The molecule has 0 bridgehead atoms. The lowest BCUT2D eigenvalue weighted by molar-refractivity contribution is 0.0699. The Labute approximate surface area is 108 Å². The predicted octanol–water partition coefficient (Wildman–Crippen LogP) is 2.73. The Hall–Kier alpha value is -0.390. The van der Waals surface area contributed by atoms with E-state index in [4.69, 9.17) is 16.3 Å². The van der Waals surface area contributed by atoms with Crippen molar-refractivity contribution in [1.82, 2.24) is 9.97 Å². The van der Waals surface area contributed by atoms with E-state index in [0.29, 0.717) is 21.5 Å². The van der Waals surface area contributed by atoms with Gasteiger partial charge in [-0.2, -0.15) is 0 Å². The van der Waals surface area contributed by atoms with E-state index >= 15 is 0 Å². The van der Waals surface area contributed by atoms with E-state index in [1.54, 1.807) is 6.20 Å². The van der Waals surface area contributed by atoms with Gasteiger partial charge in [-0.3, -0.25) is 0 Å². The van der Waals surface area contributed by atoms with Crippen molar-refractivity contribution in [3.63, 3.8) is 0 Å². The van der Waals surface area contributed by atoms with Gasteiger partial charge in [0.1, 0.15) is 4.60 Å². The number of nitrogens with one attached hydrogen (secondary N) is 1. The summed E-state index contributed by atoms with van der Waals surface area (Å²) in [6, 6.07) is 0. The molecule has 0 unspecified atom stereocenters. The first-order chi connectivity index (χ1) is 7.75. The maximum Gasteiger partial charge on any atom is 0.172 e. The van der Waals surface area contributed by atoms with E-state index in [1.165, 1.54) is 0 Å². The summed E-state index contributed by atoms with van der Waals surface area (Å²) in [5.74, 6) is 1.28. The summed E-state index contributed by atoms with van der Waals surface area (Å²) in [6.45, 7) is 2.58. The van der Waals surface area contributed by atoms with Gasteiger partial charge >= 0.3 is 0 Å². The van der Waals surface area contributed by atoms with Crippen LogP contribution in [0.4, 0.5) is 5.82 Å². The molecule has 1 aromatic rings. The summed E-state index contributed by atoms with van der Waals surface area (Å²) >= 11 is 9.18. The van der Waals surface area contributed by atoms with Gasteiger partial charge in [0.2, 0.25) is 0 Å². The molecule has 88 valence electrons. The third-order valence-electron chi connectivity index (χ3n) is 2.60. The van der Waals surface area contributed by atoms with Crippen LogP contribution in [0.2, 0.25) is 5.15 Å². The molecule has 0 amide bonds. The smallest absolute Gasteiger partial charge is 0.172 e. The number of nitrogens with zero attached hydrogens (tertiary/aromatic N) is 2. The molecular formula is C10H13BrClN3O. The third-order valence-corrected chi connectivity index (χ3v) is 3.25. The zero-order valence-corrected chi connectivity index (χ0v) is 11.1. The van der Waals surface area contributed by atoms with Crippen molar-refractivity contribution >= 4 is 33.3 Å². The zero-order valence-electron chi connectivity index (χ0n) is 8.75. The van der Waals surface area contributed by atoms with Crippen LogP contribution < -0.4 is 5.32 Å². The van der Waals surface area contributed by atoms with Gasteiger partial charge in [-0.1, -0.05) is 11.6 Å². The highest BCUT2D eigenvalue weighted by molar-refractivity contribution is 9.10. The summed E-state index contributed by atoms with van der Waals surface area (Å²) in [7, 11) is 0.